The number of aliphatic hydroxyl groups excluding tert-OH is 4. The minimum Gasteiger partial charge on any atom is -0.389 e. The average Bonchev–Trinajstić information content (AvgIpc) is 1.64. The smallest absolute Gasteiger partial charge is 0.104 e. The van der Waals surface area contributed by atoms with Crippen LogP contribution in [0.4, 0.5) is 0 Å². The van der Waals surface area contributed by atoms with Crippen molar-refractivity contribution in [2.45, 2.75) is 426 Å². The highest BCUT2D eigenvalue weighted by atomic mass is 16.6. The molecule has 0 spiro atoms. The van der Waals surface area contributed by atoms with Crippen LogP contribution in [0.1, 0.15) is 359 Å². The molecular weight excluding hydrogens is 1410 g/mol. The lowest BCUT2D eigenvalue weighted by Crippen LogP contribution is -2.47. The zero-order chi connectivity index (χ0) is 81.8. The van der Waals surface area contributed by atoms with Gasteiger partial charge >= 0.3 is 0 Å². The van der Waals surface area contributed by atoms with Crippen LogP contribution >= 0.6 is 0 Å². The summed E-state index contributed by atoms with van der Waals surface area (Å²) in [6, 6.07) is 0.0180. The Morgan fingerprint density at radius 3 is 0.784 bits per heavy atom. The van der Waals surface area contributed by atoms with Gasteiger partial charge in [0.2, 0.25) is 0 Å². The van der Waals surface area contributed by atoms with Crippen molar-refractivity contribution in [1.82, 2.24) is 9.80 Å². The van der Waals surface area contributed by atoms with Gasteiger partial charge in [0.15, 0.2) is 0 Å². The summed E-state index contributed by atoms with van der Waals surface area (Å²) in [6.07, 6.45) is 55.1. The molecule has 0 aromatic heterocycles. The van der Waals surface area contributed by atoms with Crippen molar-refractivity contribution >= 4 is 0 Å². The van der Waals surface area contributed by atoms with E-state index in [1.54, 1.807) is 0 Å². The number of hydrogen-bond donors (Lipinski definition) is 6. The van der Waals surface area contributed by atoms with E-state index >= 15 is 0 Å². The lowest BCUT2D eigenvalue weighted by molar-refractivity contribution is -0.0590. The molecule has 1 saturated heterocycles. The fourth-order valence-electron chi connectivity index (χ4n) is 13.2. The first kappa shape index (κ1) is 112. The lowest BCUT2D eigenvalue weighted by atomic mass is 10.0. The first-order valence-corrected chi connectivity index (χ1v) is 46.8. The number of unbranched alkanes of at least 4 members (excludes halogenated alkanes) is 39. The third-order valence-electron chi connectivity index (χ3n) is 20.0. The fourth-order valence-corrected chi connectivity index (χ4v) is 13.2. The van der Waals surface area contributed by atoms with Crippen LogP contribution in [0.2, 0.25) is 0 Å². The minimum absolute atomic E-state index is 0.0631. The topological polar surface area (TPSA) is 253 Å². The number of nitrogens with two attached hydrogens (primary N) is 2. The molecule has 0 bridgehead atoms. The first-order chi connectivity index (χ1) is 54.0. The largest absolute Gasteiger partial charge is 0.389 e. The van der Waals surface area contributed by atoms with Crippen molar-refractivity contribution in [2.24, 2.45) is 11.5 Å². The van der Waals surface area contributed by atoms with Gasteiger partial charge < -0.3 is 88.7 Å². The normalized spacial score (nSPS) is 15.8. The molecule has 0 aromatic carbocycles. The molecule has 111 heavy (non-hydrogen) atoms. The number of epoxide rings is 1. The Morgan fingerprint density at radius 1 is 0.270 bits per heavy atom. The summed E-state index contributed by atoms with van der Waals surface area (Å²) in [5, 5.41) is 44.2. The maximum atomic E-state index is 11.2. The summed E-state index contributed by atoms with van der Waals surface area (Å²) in [7, 11) is 0. The summed E-state index contributed by atoms with van der Waals surface area (Å²) in [5.74, 6) is 0. The van der Waals surface area contributed by atoms with E-state index in [1.165, 1.54) is 231 Å². The van der Waals surface area contributed by atoms with Crippen molar-refractivity contribution in [2.75, 3.05) is 165 Å². The summed E-state index contributed by atoms with van der Waals surface area (Å²) in [4.78, 5) is 4.18. The van der Waals surface area contributed by atoms with Gasteiger partial charge in [0.05, 0.1) is 142 Å². The zero-order valence-electron chi connectivity index (χ0n) is 74.9. The van der Waals surface area contributed by atoms with E-state index in [2.05, 4.69) is 58.3 Å². The van der Waals surface area contributed by atoms with Crippen LogP contribution in [0.25, 0.3) is 0 Å². The quantitative estimate of drug-likeness (QED) is 0.0244. The SMILES string of the molecule is CC(N)COCCOC(C)COCC(C)N.CCCCCCCCCCCCCCCCOCC(O)CN(CC(O)COCCCCCCCCCCCCCCCC)C(C)COCCOC(C)COCC(C)N(CC(O)COCCC)CC(O)COCCCCCCCCCCCCCCCC.CCCOCC1CO1. The molecule has 1 rings (SSSR count). The molecule has 11 atom stereocenters. The van der Waals surface area contributed by atoms with E-state index in [1.807, 2.05) is 27.7 Å². The highest BCUT2D eigenvalue weighted by molar-refractivity contribution is 4.77. The second-order valence-corrected chi connectivity index (χ2v) is 32.9. The Bertz CT molecular complexity index is 1700. The van der Waals surface area contributed by atoms with Crippen molar-refractivity contribution < 1.29 is 77.3 Å². The molecule has 0 saturated carbocycles. The van der Waals surface area contributed by atoms with Crippen LogP contribution in [-0.4, -0.2) is 262 Å². The molecule has 20 nitrogen and oxygen atoms in total. The van der Waals surface area contributed by atoms with Gasteiger partial charge in [0.1, 0.15) is 6.10 Å². The molecule has 0 radical (unpaired) electrons. The minimum atomic E-state index is -0.681. The Kier molecular flexibility index (Phi) is 91.0. The molecule has 0 aliphatic carbocycles. The van der Waals surface area contributed by atoms with E-state index in [4.69, 9.17) is 68.3 Å². The molecule has 670 valence electrons. The third-order valence-corrected chi connectivity index (χ3v) is 20.0. The molecule has 0 amide bonds. The van der Waals surface area contributed by atoms with E-state index in [0.717, 1.165) is 71.2 Å². The molecule has 1 heterocycles. The second-order valence-electron chi connectivity index (χ2n) is 32.9. The number of nitrogens with zero attached hydrogens (tertiary/aromatic N) is 2. The van der Waals surface area contributed by atoms with Gasteiger partial charge in [-0.1, -0.05) is 285 Å². The Balaban J connectivity index is 0. The van der Waals surface area contributed by atoms with E-state index < -0.39 is 24.4 Å². The second kappa shape index (κ2) is 90.0. The van der Waals surface area contributed by atoms with Crippen molar-refractivity contribution in [3.63, 3.8) is 0 Å². The molecule has 0 aromatic rings. The molecule has 11 unspecified atom stereocenters. The molecule has 1 fully saturated rings. The van der Waals surface area contributed by atoms with E-state index in [9.17, 15) is 20.4 Å². The standard InChI is InChI=1S/C74H152N2O11.C11H26N2O3.C6H12O2/c1-8-12-15-18-21-24-27-30-33-36-39-42-45-48-52-82-65-72(78)58-75(59-73(79)66-83-53-49-46-43-40-37-34-31-28-25-22-19-16-13-9-2)68(5)61-85-55-56-87-70(7)63-86-62-69(6)76(57-71(77)64-81-51-11-4)60-74(80)67-84-54-50-47-44-41-38-35-32-29-26-23-20-17-14-10-3;1-9(12)6-14-4-5-16-11(3)8-15-7-10(2)13;1-2-3-7-4-6-5-8-6/h68-74,77-80H,8-67H2,1-7H3;9-11H,4-8,12-13H2,1-3H3;6H,2-5H2,1H3. The summed E-state index contributed by atoms with van der Waals surface area (Å²) in [6.45, 7) is 35.5. The number of rotatable bonds is 89. The molecule has 20 heteroatoms. The van der Waals surface area contributed by atoms with Gasteiger partial charge in [0.25, 0.3) is 0 Å². The van der Waals surface area contributed by atoms with Crippen molar-refractivity contribution in [3.05, 3.63) is 0 Å². The van der Waals surface area contributed by atoms with Gasteiger partial charge in [-0.15, -0.1) is 0 Å². The third kappa shape index (κ3) is 89.8. The molecular formula is C91H190N4O16. The first-order valence-electron chi connectivity index (χ1n) is 46.8. The average molecular weight is 1600 g/mol. The van der Waals surface area contributed by atoms with Gasteiger partial charge in [-0.25, -0.2) is 0 Å². The van der Waals surface area contributed by atoms with Crippen LogP contribution in [0.5, 0.6) is 0 Å². The summed E-state index contributed by atoms with van der Waals surface area (Å²) in [5.41, 5.74) is 11.1. The van der Waals surface area contributed by atoms with Gasteiger partial charge in [-0.3, -0.25) is 9.80 Å². The Morgan fingerprint density at radius 2 is 0.505 bits per heavy atom. The van der Waals surface area contributed by atoms with Gasteiger partial charge in [-0.05, 0) is 73.6 Å². The maximum absolute atomic E-state index is 11.2. The van der Waals surface area contributed by atoms with Crippen LogP contribution in [-0.2, 0) is 56.8 Å². The number of hydrogen-bond acceptors (Lipinski definition) is 20. The number of ether oxygens (including phenoxy) is 12. The summed E-state index contributed by atoms with van der Waals surface area (Å²) >= 11 is 0. The maximum Gasteiger partial charge on any atom is 0.104 e. The van der Waals surface area contributed by atoms with Crippen molar-refractivity contribution in [1.29, 1.82) is 0 Å². The number of aliphatic hydroxyl groups is 4. The molecule has 1 aliphatic rings. The molecule has 1 aliphatic heterocycles. The predicted molar refractivity (Wildman–Crippen MR) is 463 cm³/mol. The van der Waals surface area contributed by atoms with E-state index in [-0.39, 0.29) is 62.8 Å². The Hall–Kier alpha value is -0.800. The molecule has 8 N–H and O–H groups in total. The van der Waals surface area contributed by atoms with Crippen LogP contribution in [0, 0.1) is 0 Å². The van der Waals surface area contributed by atoms with Crippen LogP contribution in [0.3, 0.4) is 0 Å². The van der Waals surface area contributed by atoms with E-state index in [0.29, 0.717) is 125 Å². The zero-order valence-corrected chi connectivity index (χ0v) is 74.9. The van der Waals surface area contributed by atoms with Crippen LogP contribution < -0.4 is 11.5 Å². The summed E-state index contributed by atoms with van der Waals surface area (Å²) < 4.78 is 68.1. The van der Waals surface area contributed by atoms with Crippen molar-refractivity contribution in [3.8, 4) is 0 Å². The fraction of sp³-hybridized carbons (Fsp3) is 1.00. The highest BCUT2D eigenvalue weighted by Crippen LogP contribution is 2.18. The highest BCUT2D eigenvalue weighted by Gasteiger charge is 2.25. The Labute approximate surface area is 685 Å². The van der Waals surface area contributed by atoms with Gasteiger partial charge in [0, 0.05) is 83.4 Å². The monoisotopic (exact) mass is 1600 g/mol. The van der Waals surface area contributed by atoms with Crippen LogP contribution in [0.15, 0.2) is 0 Å². The van der Waals surface area contributed by atoms with Gasteiger partial charge in [-0.2, -0.15) is 0 Å². The lowest BCUT2D eigenvalue weighted by Gasteiger charge is -2.32. The predicted octanol–water partition coefficient (Wildman–Crippen LogP) is 18.1.